The molecule has 0 aromatic carbocycles. The number of nitrogens with zero attached hydrogens (tertiary/aromatic N) is 3. The lowest BCUT2D eigenvalue weighted by Gasteiger charge is -2.24. The van der Waals surface area contributed by atoms with E-state index in [1.165, 1.54) is 0 Å². The number of carbonyl (C=O) groups excluding carboxylic acids is 1. The van der Waals surface area contributed by atoms with Gasteiger partial charge in [0.2, 0.25) is 0 Å². The molecule has 1 aromatic heterocycles. The molecule has 122 valence electrons. The number of rotatable bonds is 4. The number of hydrogen-bond acceptors (Lipinski definition) is 5. The predicted molar refractivity (Wildman–Crippen MR) is 92.5 cm³/mol. The van der Waals surface area contributed by atoms with Crippen LogP contribution in [0.2, 0.25) is 0 Å². The number of aromatic nitrogens is 2. The molecule has 1 saturated heterocycles. The number of halogens is 1. The molecule has 1 fully saturated rings. The van der Waals surface area contributed by atoms with Crippen molar-refractivity contribution in [2.45, 2.75) is 45.3 Å². The molecule has 0 spiro atoms. The summed E-state index contributed by atoms with van der Waals surface area (Å²) in [6.45, 7) is 7.93. The highest BCUT2D eigenvalue weighted by Gasteiger charge is 2.27. The maximum absolute atomic E-state index is 11.6. The van der Waals surface area contributed by atoms with Crippen molar-refractivity contribution in [1.82, 2.24) is 20.2 Å². The Morgan fingerprint density at radius 1 is 1.45 bits per heavy atom. The van der Waals surface area contributed by atoms with Crippen LogP contribution >= 0.6 is 22.6 Å². The molecule has 1 aliphatic heterocycles. The zero-order chi connectivity index (χ0) is 16.2. The van der Waals surface area contributed by atoms with Crippen LogP contribution in [0.5, 0.6) is 0 Å². The summed E-state index contributed by atoms with van der Waals surface area (Å²) in [6.07, 6.45) is 5.52. The summed E-state index contributed by atoms with van der Waals surface area (Å²) < 4.78 is 6.27. The van der Waals surface area contributed by atoms with E-state index in [1.807, 2.05) is 33.2 Å². The summed E-state index contributed by atoms with van der Waals surface area (Å²) in [7, 11) is 0. The van der Waals surface area contributed by atoms with Gasteiger partial charge in [-0.3, -0.25) is 4.90 Å². The first-order valence-electron chi connectivity index (χ1n) is 7.53. The van der Waals surface area contributed by atoms with Gasteiger partial charge >= 0.3 is 6.09 Å². The van der Waals surface area contributed by atoms with Gasteiger partial charge in [0.15, 0.2) is 0 Å². The number of ether oxygens (including phenoxy) is 1. The number of likely N-dealkylation sites (tertiary alicyclic amines) is 1. The van der Waals surface area contributed by atoms with E-state index in [0.717, 1.165) is 35.3 Å². The topological polar surface area (TPSA) is 67.3 Å². The number of nitrogens with one attached hydrogen (secondary N) is 1. The molecule has 2 heterocycles. The average molecular weight is 418 g/mol. The third kappa shape index (κ3) is 5.35. The molecule has 7 heteroatoms. The summed E-state index contributed by atoms with van der Waals surface area (Å²) in [5.41, 5.74) is -0.463. The number of hydrogen-bond donors (Lipinski definition) is 1. The molecule has 1 aromatic rings. The Labute approximate surface area is 145 Å². The lowest BCUT2D eigenvalue weighted by molar-refractivity contribution is 0.0521. The normalized spacial score (nSPS) is 19.2. The van der Waals surface area contributed by atoms with Crippen molar-refractivity contribution < 1.29 is 9.53 Å². The lowest BCUT2D eigenvalue weighted by Crippen LogP contribution is -2.38. The molecule has 0 radical (unpaired) electrons. The SMILES string of the molecule is CC(C)(C)OC(=O)NCCN1CCCC1c1ncc(I)cn1. The van der Waals surface area contributed by atoms with Crippen molar-refractivity contribution >= 4 is 28.7 Å². The monoisotopic (exact) mass is 418 g/mol. The Bertz CT molecular complexity index is 501. The van der Waals surface area contributed by atoms with Crippen molar-refractivity contribution in [3.63, 3.8) is 0 Å². The first-order chi connectivity index (χ1) is 10.3. The first-order valence-corrected chi connectivity index (χ1v) is 8.61. The van der Waals surface area contributed by atoms with Crippen LogP contribution in [0.25, 0.3) is 0 Å². The van der Waals surface area contributed by atoms with Gasteiger partial charge in [-0.2, -0.15) is 0 Å². The van der Waals surface area contributed by atoms with E-state index in [1.54, 1.807) is 0 Å². The zero-order valence-electron chi connectivity index (χ0n) is 13.3. The molecule has 0 saturated carbocycles. The number of amides is 1. The van der Waals surface area contributed by atoms with Gasteiger partial charge in [-0.05, 0) is 62.7 Å². The van der Waals surface area contributed by atoms with Gasteiger partial charge in [-0.25, -0.2) is 14.8 Å². The molecule has 6 nitrogen and oxygen atoms in total. The predicted octanol–water partition coefficient (Wildman–Crippen LogP) is 2.74. The summed E-state index contributed by atoms with van der Waals surface area (Å²) in [4.78, 5) is 22.8. The molecular weight excluding hydrogens is 395 g/mol. The van der Waals surface area contributed by atoms with Crippen LogP contribution in [0.3, 0.4) is 0 Å². The average Bonchev–Trinajstić information content (AvgIpc) is 2.86. The fraction of sp³-hybridized carbons (Fsp3) is 0.667. The van der Waals surface area contributed by atoms with Gasteiger partial charge in [0.25, 0.3) is 0 Å². The highest BCUT2D eigenvalue weighted by molar-refractivity contribution is 14.1. The van der Waals surface area contributed by atoms with Gasteiger partial charge in [-0.15, -0.1) is 0 Å². The highest BCUT2D eigenvalue weighted by atomic mass is 127. The fourth-order valence-electron chi connectivity index (χ4n) is 2.50. The van der Waals surface area contributed by atoms with Crippen LogP contribution < -0.4 is 5.32 Å². The minimum atomic E-state index is -0.463. The highest BCUT2D eigenvalue weighted by Crippen LogP contribution is 2.28. The van der Waals surface area contributed by atoms with E-state index in [0.29, 0.717) is 6.54 Å². The van der Waals surface area contributed by atoms with E-state index in [2.05, 4.69) is 42.8 Å². The molecule has 1 amide bonds. The van der Waals surface area contributed by atoms with Gasteiger partial charge < -0.3 is 10.1 Å². The van der Waals surface area contributed by atoms with Crippen molar-refractivity contribution in [3.8, 4) is 0 Å². The molecule has 22 heavy (non-hydrogen) atoms. The lowest BCUT2D eigenvalue weighted by atomic mass is 10.2. The fourth-order valence-corrected chi connectivity index (χ4v) is 2.77. The maximum Gasteiger partial charge on any atom is 0.407 e. The summed E-state index contributed by atoms with van der Waals surface area (Å²) in [5.74, 6) is 0.871. The molecule has 0 aliphatic carbocycles. The van der Waals surface area contributed by atoms with Crippen molar-refractivity contribution in [2.24, 2.45) is 0 Å². The Balaban J connectivity index is 1.82. The molecule has 1 N–H and O–H groups in total. The molecular formula is C15H23IN4O2. The minimum Gasteiger partial charge on any atom is -0.444 e. The molecule has 1 aliphatic rings. The zero-order valence-corrected chi connectivity index (χ0v) is 15.5. The minimum absolute atomic E-state index is 0.248. The van der Waals surface area contributed by atoms with Crippen LogP contribution in [0, 0.1) is 3.57 Å². The Kier molecular flexibility index (Phi) is 5.96. The van der Waals surface area contributed by atoms with Crippen molar-refractivity contribution in [3.05, 3.63) is 21.8 Å². The van der Waals surface area contributed by atoms with Crippen molar-refractivity contribution in [2.75, 3.05) is 19.6 Å². The largest absolute Gasteiger partial charge is 0.444 e. The first kappa shape index (κ1) is 17.4. The second-order valence-electron chi connectivity index (χ2n) is 6.38. The van der Waals surface area contributed by atoms with E-state index in [-0.39, 0.29) is 12.1 Å². The second-order valence-corrected chi connectivity index (χ2v) is 7.63. The van der Waals surface area contributed by atoms with Gasteiger partial charge in [0, 0.05) is 29.1 Å². The third-order valence-electron chi connectivity index (χ3n) is 3.37. The molecule has 2 rings (SSSR count). The van der Waals surface area contributed by atoms with Gasteiger partial charge in [0.05, 0.1) is 6.04 Å². The quantitative estimate of drug-likeness (QED) is 0.762. The Morgan fingerprint density at radius 3 is 2.77 bits per heavy atom. The van der Waals surface area contributed by atoms with Crippen molar-refractivity contribution in [1.29, 1.82) is 0 Å². The smallest absolute Gasteiger partial charge is 0.407 e. The van der Waals surface area contributed by atoms with Crippen LogP contribution in [0.1, 0.15) is 45.5 Å². The summed E-state index contributed by atoms with van der Waals surface area (Å²) in [5, 5.41) is 2.80. The van der Waals surface area contributed by atoms with E-state index in [4.69, 9.17) is 4.74 Å². The van der Waals surface area contributed by atoms with Gasteiger partial charge in [0.1, 0.15) is 11.4 Å². The molecule has 1 atom stereocenters. The summed E-state index contributed by atoms with van der Waals surface area (Å²) >= 11 is 2.21. The molecule has 0 bridgehead atoms. The molecule has 1 unspecified atom stereocenters. The van der Waals surface area contributed by atoms with Crippen LogP contribution in [0.15, 0.2) is 12.4 Å². The Hall–Kier alpha value is -0.960. The van der Waals surface area contributed by atoms with E-state index in [9.17, 15) is 4.79 Å². The standard InChI is InChI=1S/C15H23IN4O2/c1-15(2,3)22-14(21)17-6-8-20-7-4-5-12(20)13-18-9-11(16)10-19-13/h9-10,12H,4-8H2,1-3H3,(H,17,21). The van der Waals surface area contributed by atoms with Crippen LogP contribution in [-0.2, 0) is 4.74 Å². The second kappa shape index (κ2) is 7.54. The Morgan fingerprint density at radius 2 is 2.14 bits per heavy atom. The van der Waals surface area contributed by atoms with E-state index < -0.39 is 5.60 Å². The summed E-state index contributed by atoms with van der Waals surface area (Å²) in [6, 6.07) is 0.248. The number of alkyl carbamates (subject to hydrolysis) is 1. The van der Waals surface area contributed by atoms with Crippen LogP contribution in [0.4, 0.5) is 4.79 Å². The number of carbonyl (C=O) groups is 1. The third-order valence-corrected chi connectivity index (χ3v) is 3.93. The maximum atomic E-state index is 11.6. The van der Waals surface area contributed by atoms with Gasteiger partial charge in [-0.1, -0.05) is 0 Å². The van der Waals surface area contributed by atoms with Crippen LogP contribution in [-0.4, -0.2) is 46.2 Å². The van der Waals surface area contributed by atoms with E-state index >= 15 is 0 Å².